The van der Waals surface area contributed by atoms with Gasteiger partial charge in [-0.2, -0.15) is 0 Å². The summed E-state index contributed by atoms with van der Waals surface area (Å²) in [5.74, 6) is 0. The zero-order valence-electron chi connectivity index (χ0n) is 40.8. The number of hydrogen-bond acceptors (Lipinski definition) is 1. The van der Waals surface area contributed by atoms with E-state index in [1.54, 1.807) is 0 Å². The van der Waals surface area contributed by atoms with E-state index >= 15 is 0 Å². The van der Waals surface area contributed by atoms with Crippen molar-refractivity contribution in [2.45, 2.75) is 0 Å². The van der Waals surface area contributed by atoms with E-state index in [-0.39, 0.29) is 0 Å². The number of anilines is 3. The fraction of sp³-hybridized carbons (Fsp3) is 0. The Labute approximate surface area is 433 Å². The number of benzene rings is 12. The first kappa shape index (κ1) is 44.2. The zero-order chi connectivity index (χ0) is 49.2. The summed E-state index contributed by atoms with van der Waals surface area (Å²) >= 11 is 0. The largest absolute Gasteiger partial charge is 0.310 e. The Morgan fingerprint density at radius 3 is 1.16 bits per heavy atom. The lowest BCUT2D eigenvalue weighted by Gasteiger charge is -2.26. The first-order chi connectivity index (χ1) is 36.7. The maximum atomic E-state index is 2.45. The second-order valence-electron chi connectivity index (χ2n) is 18.9. The lowest BCUT2D eigenvalue weighted by molar-refractivity contribution is 1.18. The molecule has 0 N–H and O–H groups in total. The van der Waals surface area contributed by atoms with Crippen molar-refractivity contribution in [2.75, 3.05) is 4.90 Å². The van der Waals surface area contributed by atoms with Gasteiger partial charge < -0.3 is 9.47 Å². The van der Waals surface area contributed by atoms with Crippen LogP contribution in [0.4, 0.5) is 17.1 Å². The number of aromatic nitrogens is 1. The Balaban J connectivity index is 0.903. The van der Waals surface area contributed by atoms with Crippen molar-refractivity contribution in [3.8, 4) is 83.6 Å². The molecule has 1 aromatic heterocycles. The van der Waals surface area contributed by atoms with E-state index in [1.165, 1.54) is 83.1 Å². The topological polar surface area (TPSA) is 8.17 Å². The van der Waals surface area contributed by atoms with Gasteiger partial charge in [-0.1, -0.05) is 218 Å². The number of hydrogen-bond donors (Lipinski definition) is 0. The molecule has 0 spiro atoms. The minimum absolute atomic E-state index is 1.08. The van der Waals surface area contributed by atoms with Gasteiger partial charge in [0.15, 0.2) is 0 Å². The van der Waals surface area contributed by atoms with Gasteiger partial charge in [0, 0.05) is 33.5 Å². The van der Waals surface area contributed by atoms with Crippen molar-refractivity contribution < 1.29 is 0 Å². The molecule has 0 saturated heterocycles. The molecule has 348 valence electrons. The average Bonchev–Trinajstić information content (AvgIpc) is 3.82. The highest BCUT2D eigenvalue weighted by molar-refractivity contribution is 6.11. The van der Waals surface area contributed by atoms with Crippen LogP contribution in [-0.2, 0) is 0 Å². The molecule has 0 fully saturated rings. The quantitative estimate of drug-likeness (QED) is 0.125. The molecule has 0 unspecified atom stereocenters. The molecule has 13 aromatic rings. The normalized spacial score (nSPS) is 11.2. The molecule has 13 rings (SSSR count). The van der Waals surface area contributed by atoms with Gasteiger partial charge in [-0.3, -0.25) is 0 Å². The third kappa shape index (κ3) is 8.55. The maximum absolute atomic E-state index is 2.45. The molecular weight excluding hydrogens is 893 g/mol. The van der Waals surface area contributed by atoms with E-state index < -0.39 is 0 Å². The van der Waals surface area contributed by atoms with E-state index in [2.05, 4.69) is 313 Å². The van der Waals surface area contributed by atoms with Crippen LogP contribution in [0.15, 0.2) is 303 Å². The fourth-order valence-electron chi connectivity index (χ4n) is 10.8. The highest BCUT2D eigenvalue weighted by Crippen LogP contribution is 2.43. The van der Waals surface area contributed by atoms with Crippen molar-refractivity contribution in [3.63, 3.8) is 0 Å². The zero-order valence-corrected chi connectivity index (χ0v) is 40.8. The van der Waals surface area contributed by atoms with Crippen molar-refractivity contribution in [1.29, 1.82) is 0 Å². The van der Waals surface area contributed by atoms with Gasteiger partial charge in [0.05, 0.1) is 11.0 Å². The summed E-state index contributed by atoms with van der Waals surface area (Å²) in [4.78, 5) is 2.37. The molecule has 0 aliphatic rings. The highest BCUT2D eigenvalue weighted by atomic mass is 15.1. The third-order valence-electron chi connectivity index (χ3n) is 14.3. The standard InChI is InChI=1S/C72H50N2/c1-5-21-51(22-6-1)54-27-17-29-56(43-54)58-31-19-35-64(46-58)73(63-33-11-4-12-34-63)65-36-20-32-59(47-65)67-37-13-14-38-68(67)60-41-42-72-70(50-60)69-39-15-16-40-71(69)74(72)66-48-61(53-25-9-3-10-26-53)45-62(49-66)57-30-18-28-55(44-57)52-23-7-2-8-24-52/h1-50H. The van der Waals surface area contributed by atoms with Crippen LogP contribution in [0.1, 0.15) is 0 Å². The van der Waals surface area contributed by atoms with Crippen LogP contribution in [0.5, 0.6) is 0 Å². The minimum Gasteiger partial charge on any atom is -0.310 e. The van der Waals surface area contributed by atoms with Crippen LogP contribution in [0, 0.1) is 0 Å². The Kier molecular flexibility index (Phi) is 11.6. The summed E-state index contributed by atoms with van der Waals surface area (Å²) in [6.45, 7) is 0. The van der Waals surface area contributed by atoms with Gasteiger partial charge >= 0.3 is 0 Å². The Morgan fingerprint density at radius 2 is 0.568 bits per heavy atom. The average molecular weight is 943 g/mol. The number of rotatable bonds is 11. The van der Waals surface area contributed by atoms with Crippen LogP contribution in [0.2, 0.25) is 0 Å². The summed E-state index contributed by atoms with van der Waals surface area (Å²) in [5, 5.41) is 2.43. The van der Waals surface area contributed by atoms with E-state index in [4.69, 9.17) is 0 Å². The third-order valence-corrected chi connectivity index (χ3v) is 14.3. The van der Waals surface area contributed by atoms with Gasteiger partial charge in [0.2, 0.25) is 0 Å². The van der Waals surface area contributed by atoms with Gasteiger partial charge in [-0.05, 0) is 163 Å². The smallest absolute Gasteiger partial charge is 0.0541 e. The molecule has 0 radical (unpaired) electrons. The SMILES string of the molecule is c1ccc(-c2cccc(-c3cccc(N(c4ccccc4)c4cccc(-c5ccccc5-c5ccc6c(c5)c5ccccc5n6-c5cc(-c6ccccc6)cc(-c6cccc(-c7ccccc7)c6)c5)c4)c3)c2)cc1. The van der Waals surface area contributed by atoms with Crippen molar-refractivity contribution in [1.82, 2.24) is 4.57 Å². The molecule has 1 heterocycles. The first-order valence-corrected chi connectivity index (χ1v) is 25.4. The van der Waals surface area contributed by atoms with Gasteiger partial charge in [0.1, 0.15) is 0 Å². The van der Waals surface area contributed by atoms with Crippen LogP contribution < -0.4 is 4.90 Å². The van der Waals surface area contributed by atoms with Gasteiger partial charge in [0.25, 0.3) is 0 Å². The molecule has 0 aliphatic carbocycles. The number of nitrogens with zero attached hydrogens (tertiary/aromatic N) is 2. The second-order valence-corrected chi connectivity index (χ2v) is 18.9. The van der Waals surface area contributed by atoms with Gasteiger partial charge in [-0.25, -0.2) is 0 Å². The first-order valence-electron chi connectivity index (χ1n) is 25.4. The summed E-state index contributed by atoms with van der Waals surface area (Å²) in [7, 11) is 0. The molecule has 2 heteroatoms. The van der Waals surface area contributed by atoms with E-state index in [0.29, 0.717) is 0 Å². The highest BCUT2D eigenvalue weighted by Gasteiger charge is 2.19. The van der Waals surface area contributed by atoms with E-state index in [1.807, 2.05) is 0 Å². The molecular formula is C72H50N2. The van der Waals surface area contributed by atoms with Crippen LogP contribution in [0.25, 0.3) is 105 Å². The monoisotopic (exact) mass is 942 g/mol. The van der Waals surface area contributed by atoms with Crippen LogP contribution in [0.3, 0.4) is 0 Å². The lowest BCUT2D eigenvalue weighted by atomic mass is 9.93. The summed E-state index contributed by atoms with van der Waals surface area (Å²) in [6, 6.07) is 110. The molecule has 0 saturated carbocycles. The van der Waals surface area contributed by atoms with Crippen LogP contribution in [-0.4, -0.2) is 4.57 Å². The lowest BCUT2D eigenvalue weighted by Crippen LogP contribution is -2.10. The summed E-state index contributed by atoms with van der Waals surface area (Å²) < 4.78 is 2.45. The predicted molar refractivity (Wildman–Crippen MR) is 314 cm³/mol. The molecule has 12 aromatic carbocycles. The minimum atomic E-state index is 1.08. The molecule has 0 atom stereocenters. The van der Waals surface area contributed by atoms with Crippen molar-refractivity contribution in [3.05, 3.63) is 303 Å². The Hall–Kier alpha value is -9.76. The fourth-order valence-corrected chi connectivity index (χ4v) is 10.8. The summed E-state index contributed by atoms with van der Waals surface area (Å²) in [6.07, 6.45) is 0. The molecule has 0 aliphatic heterocycles. The van der Waals surface area contributed by atoms with Crippen molar-refractivity contribution >= 4 is 38.9 Å². The van der Waals surface area contributed by atoms with Crippen LogP contribution >= 0.6 is 0 Å². The number of para-hydroxylation sites is 2. The Morgan fingerprint density at radius 1 is 0.203 bits per heavy atom. The molecule has 0 bridgehead atoms. The Bertz CT molecular complexity index is 4120. The second kappa shape index (κ2) is 19.4. The molecule has 0 amide bonds. The van der Waals surface area contributed by atoms with E-state index in [9.17, 15) is 0 Å². The van der Waals surface area contributed by atoms with Gasteiger partial charge in [-0.15, -0.1) is 0 Å². The molecule has 74 heavy (non-hydrogen) atoms. The maximum Gasteiger partial charge on any atom is 0.0541 e. The summed E-state index contributed by atoms with van der Waals surface area (Å²) in [5.41, 5.74) is 23.3. The van der Waals surface area contributed by atoms with Crippen molar-refractivity contribution in [2.24, 2.45) is 0 Å². The predicted octanol–water partition coefficient (Wildman–Crippen LogP) is 19.9. The molecule has 2 nitrogen and oxygen atoms in total. The van der Waals surface area contributed by atoms with E-state index in [0.717, 1.165) is 39.4 Å². The number of fused-ring (bicyclic) bond motifs is 3.